The predicted molar refractivity (Wildman–Crippen MR) is 85.5 cm³/mol. The van der Waals surface area contributed by atoms with Crippen molar-refractivity contribution in [3.05, 3.63) is 58.1 Å². The van der Waals surface area contributed by atoms with Crippen molar-refractivity contribution in [1.29, 1.82) is 0 Å². The molecule has 110 valence electrons. The van der Waals surface area contributed by atoms with Crippen LogP contribution in [0.15, 0.2) is 41.3 Å². The van der Waals surface area contributed by atoms with Crippen LogP contribution in [0.5, 0.6) is 0 Å². The molecule has 2 aromatic rings. The number of fused-ring (bicyclic) bond motifs is 1. The summed E-state index contributed by atoms with van der Waals surface area (Å²) in [5.74, 6) is 0. The second-order valence-electron chi connectivity index (χ2n) is 5.30. The van der Waals surface area contributed by atoms with Crippen molar-refractivity contribution in [2.75, 3.05) is 4.72 Å². The van der Waals surface area contributed by atoms with E-state index in [4.69, 9.17) is 11.6 Å². The lowest BCUT2D eigenvalue weighted by Crippen LogP contribution is -2.14. The first-order valence-electron chi connectivity index (χ1n) is 6.87. The first kappa shape index (κ1) is 14.4. The summed E-state index contributed by atoms with van der Waals surface area (Å²) in [5.41, 5.74) is 3.64. The lowest BCUT2D eigenvalue weighted by atomic mass is 10.1. The highest BCUT2D eigenvalue weighted by Gasteiger charge is 2.19. The summed E-state index contributed by atoms with van der Waals surface area (Å²) in [6, 6.07) is 10.6. The Labute approximate surface area is 130 Å². The molecule has 1 aliphatic carbocycles. The SMILES string of the molecule is Cc1c(Cl)cccc1NS(=O)(=O)c1ccc2c(c1)CCC2. The Hall–Kier alpha value is -1.52. The number of nitrogens with one attached hydrogen (secondary N) is 1. The van der Waals surface area contributed by atoms with Crippen molar-refractivity contribution in [3.8, 4) is 0 Å². The van der Waals surface area contributed by atoms with Gasteiger partial charge in [-0.1, -0.05) is 23.7 Å². The zero-order valence-electron chi connectivity index (χ0n) is 11.7. The second kappa shape index (κ2) is 5.35. The molecule has 21 heavy (non-hydrogen) atoms. The number of benzene rings is 2. The normalized spacial score (nSPS) is 14.0. The third-order valence-electron chi connectivity index (χ3n) is 3.89. The standard InChI is InChI=1S/C16H16ClNO2S/c1-11-15(17)6-3-7-16(11)18-21(19,20)14-9-8-12-4-2-5-13(12)10-14/h3,6-10,18H,2,4-5H2,1H3. The highest BCUT2D eigenvalue weighted by molar-refractivity contribution is 7.92. The second-order valence-corrected chi connectivity index (χ2v) is 7.39. The Morgan fingerprint density at radius 3 is 2.67 bits per heavy atom. The van der Waals surface area contributed by atoms with E-state index in [0.717, 1.165) is 30.4 Å². The van der Waals surface area contributed by atoms with E-state index >= 15 is 0 Å². The number of rotatable bonds is 3. The van der Waals surface area contributed by atoms with Crippen LogP contribution in [0.4, 0.5) is 5.69 Å². The van der Waals surface area contributed by atoms with Crippen LogP contribution in [0.25, 0.3) is 0 Å². The summed E-state index contributed by atoms with van der Waals surface area (Å²) in [7, 11) is -3.58. The fraction of sp³-hybridized carbons (Fsp3) is 0.250. The van der Waals surface area contributed by atoms with Gasteiger partial charge in [-0.05, 0) is 67.1 Å². The number of hydrogen-bond acceptors (Lipinski definition) is 2. The van der Waals surface area contributed by atoms with Gasteiger partial charge in [0.2, 0.25) is 0 Å². The average molecular weight is 322 g/mol. The van der Waals surface area contributed by atoms with Gasteiger partial charge in [0.25, 0.3) is 10.0 Å². The van der Waals surface area contributed by atoms with Crippen LogP contribution in [0.3, 0.4) is 0 Å². The number of hydrogen-bond donors (Lipinski definition) is 1. The topological polar surface area (TPSA) is 46.2 Å². The van der Waals surface area contributed by atoms with Crippen LogP contribution in [-0.4, -0.2) is 8.42 Å². The summed E-state index contributed by atoms with van der Waals surface area (Å²) in [6.45, 7) is 1.79. The Morgan fingerprint density at radius 1 is 1.10 bits per heavy atom. The molecule has 0 saturated carbocycles. The number of sulfonamides is 1. The zero-order valence-corrected chi connectivity index (χ0v) is 13.3. The Kier molecular flexibility index (Phi) is 3.68. The molecule has 0 radical (unpaired) electrons. The van der Waals surface area contributed by atoms with Gasteiger partial charge >= 0.3 is 0 Å². The molecular weight excluding hydrogens is 306 g/mol. The van der Waals surface area contributed by atoms with Crippen LogP contribution in [0.1, 0.15) is 23.1 Å². The van der Waals surface area contributed by atoms with E-state index < -0.39 is 10.0 Å². The number of aryl methyl sites for hydroxylation is 2. The van der Waals surface area contributed by atoms with E-state index in [-0.39, 0.29) is 0 Å². The molecule has 2 aromatic carbocycles. The van der Waals surface area contributed by atoms with Crippen LogP contribution in [0, 0.1) is 6.92 Å². The minimum Gasteiger partial charge on any atom is -0.279 e. The zero-order chi connectivity index (χ0) is 15.0. The molecule has 1 N–H and O–H groups in total. The first-order valence-corrected chi connectivity index (χ1v) is 8.73. The summed E-state index contributed by atoms with van der Waals surface area (Å²) in [6.07, 6.45) is 3.09. The number of halogens is 1. The maximum atomic E-state index is 12.5. The molecule has 0 aliphatic heterocycles. The van der Waals surface area contributed by atoms with Gasteiger partial charge in [-0.25, -0.2) is 8.42 Å². The lowest BCUT2D eigenvalue weighted by Gasteiger charge is -2.12. The van der Waals surface area contributed by atoms with Gasteiger partial charge < -0.3 is 0 Å². The molecule has 5 heteroatoms. The molecule has 3 rings (SSSR count). The molecule has 0 unspecified atom stereocenters. The van der Waals surface area contributed by atoms with E-state index in [0.29, 0.717) is 15.6 Å². The van der Waals surface area contributed by atoms with Gasteiger partial charge in [0.15, 0.2) is 0 Å². The van der Waals surface area contributed by atoms with Gasteiger partial charge in [0.05, 0.1) is 10.6 Å². The van der Waals surface area contributed by atoms with Gasteiger partial charge in [0, 0.05) is 5.02 Å². The smallest absolute Gasteiger partial charge is 0.261 e. The van der Waals surface area contributed by atoms with Gasteiger partial charge in [-0.15, -0.1) is 0 Å². The summed E-state index contributed by atoms with van der Waals surface area (Å²) >= 11 is 6.03. The van der Waals surface area contributed by atoms with Gasteiger partial charge in [-0.3, -0.25) is 4.72 Å². The van der Waals surface area contributed by atoms with Gasteiger partial charge in [-0.2, -0.15) is 0 Å². The van der Waals surface area contributed by atoms with Crippen molar-refractivity contribution in [2.45, 2.75) is 31.1 Å². The van der Waals surface area contributed by atoms with Crippen molar-refractivity contribution < 1.29 is 8.42 Å². The molecule has 0 amide bonds. The van der Waals surface area contributed by atoms with E-state index in [1.807, 2.05) is 6.07 Å². The first-order chi connectivity index (χ1) is 9.97. The van der Waals surface area contributed by atoms with Crippen molar-refractivity contribution in [3.63, 3.8) is 0 Å². The summed E-state index contributed by atoms with van der Waals surface area (Å²) < 4.78 is 27.6. The molecule has 0 fully saturated rings. The molecular formula is C16H16ClNO2S. The van der Waals surface area contributed by atoms with Crippen molar-refractivity contribution in [2.24, 2.45) is 0 Å². The molecule has 0 saturated heterocycles. The lowest BCUT2D eigenvalue weighted by molar-refractivity contribution is 0.601. The monoisotopic (exact) mass is 321 g/mol. The fourth-order valence-corrected chi connectivity index (χ4v) is 3.98. The fourth-order valence-electron chi connectivity index (χ4n) is 2.64. The molecule has 0 aromatic heterocycles. The Bertz CT molecular complexity index is 800. The van der Waals surface area contributed by atoms with E-state index in [2.05, 4.69) is 4.72 Å². The molecule has 3 nitrogen and oxygen atoms in total. The molecule has 0 spiro atoms. The molecule has 1 aliphatic rings. The largest absolute Gasteiger partial charge is 0.279 e. The predicted octanol–water partition coefficient (Wildman–Crippen LogP) is 3.94. The minimum atomic E-state index is -3.58. The molecule has 0 heterocycles. The highest BCUT2D eigenvalue weighted by atomic mass is 35.5. The van der Waals surface area contributed by atoms with Gasteiger partial charge in [0.1, 0.15) is 0 Å². The highest BCUT2D eigenvalue weighted by Crippen LogP contribution is 2.28. The maximum absolute atomic E-state index is 12.5. The Balaban J connectivity index is 1.96. The van der Waals surface area contributed by atoms with Crippen LogP contribution < -0.4 is 4.72 Å². The van der Waals surface area contributed by atoms with Crippen molar-refractivity contribution in [1.82, 2.24) is 0 Å². The summed E-state index contributed by atoms with van der Waals surface area (Å²) in [4.78, 5) is 0.308. The van der Waals surface area contributed by atoms with Crippen LogP contribution >= 0.6 is 11.6 Å². The average Bonchev–Trinajstić information content (AvgIpc) is 2.91. The summed E-state index contributed by atoms with van der Waals surface area (Å²) in [5, 5.41) is 0.546. The van der Waals surface area contributed by atoms with E-state index in [1.54, 1.807) is 37.3 Å². The minimum absolute atomic E-state index is 0.308. The van der Waals surface area contributed by atoms with Crippen LogP contribution in [-0.2, 0) is 22.9 Å². The number of anilines is 1. The Morgan fingerprint density at radius 2 is 1.86 bits per heavy atom. The maximum Gasteiger partial charge on any atom is 0.261 e. The van der Waals surface area contributed by atoms with Crippen LogP contribution in [0.2, 0.25) is 5.02 Å². The third-order valence-corrected chi connectivity index (χ3v) is 5.66. The van der Waals surface area contributed by atoms with Crippen molar-refractivity contribution >= 4 is 27.3 Å². The van der Waals surface area contributed by atoms with E-state index in [9.17, 15) is 8.42 Å². The molecule has 0 atom stereocenters. The molecule has 0 bridgehead atoms. The quantitative estimate of drug-likeness (QED) is 0.930. The van der Waals surface area contributed by atoms with E-state index in [1.165, 1.54) is 5.56 Å². The third kappa shape index (κ3) is 2.78.